The Morgan fingerprint density at radius 3 is 3.19 bits per heavy atom. The summed E-state index contributed by atoms with van der Waals surface area (Å²) >= 11 is 3.47. The van der Waals surface area contributed by atoms with Gasteiger partial charge in [0.15, 0.2) is 5.96 Å². The molecular weight excluding hydrogens is 332 g/mol. The number of rotatable bonds is 4. The first-order chi connectivity index (χ1) is 10.2. The van der Waals surface area contributed by atoms with Crippen molar-refractivity contribution in [2.75, 3.05) is 13.2 Å². The smallest absolute Gasteiger partial charge is 0.189 e. The highest BCUT2D eigenvalue weighted by Gasteiger charge is 2.14. The van der Waals surface area contributed by atoms with Gasteiger partial charge >= 0.3 is 0 Å². The molecule has 0 radical (unpaired) electrons. The van der Waals surface area contributed by atoms with Gasteiger partial charge in [-0.3, -0.25) is 0 Å². The van der Waals surface area contributed by atoms with Crippen LogP contribution in [0.2, 0.25) is 0 Å². The summed E-state index contributed by atoms with van der Waals surface area (Å²) in [6.45, 7) is 2.12. The van der Waals surface area contributed by atoms with Gasteiger partial charge in [0.25, 0.3) is 0 Å². The quantitative estimate of drug-likeness (QED) is 0.585. The maximum absolute atomic E-state index is 5.88. The summed E-state index contributed by atoms with van der Waals surface area (Å²) in [5, 5.41) is 4.29. The Balaban J connectivity index is 1.57. The summed E-state index contributed by atoms with van der Waals surface area (Å²) in [5.74, 6) is 0.463. The topological polar surface area (TPSA) is 75.4 Å². The third-order valence-corrected chi connectivity index (χ3v) is 4.09. The number of ether oxygens (including phenoxy) is 1. The molecule has 0 amide bonds. The highest BCUT2D eigenvalue weighted by Crippen LogP contribution is 2.20. The second-order valence-corrected chi connectivity index (χ2v) is 6.16. The van der Waals surface area contributed by atoms with E-state index in [0.29, 0.717) is 12.5 Å². The molecule has 1 unspecified atom stereocenters. The maximum atomic E-state index is 5.88. The number of halogens is 1. The van der Waals surface area contributed by atoms with Crippen LogP contribution in [0.1, 0.15) is 18.5 Å². The highest BCUT2D eigenvalue weighted by molar-refractivity contribution is 9.10. The van der Waals surface area contributed by atoms with Gasteiger partial charge in [0.2, 0.25) is 0 Å². The largest absolute Gasteiger partial charge is 0.376 e. The van der Waals surface area contributed by atoms with E-state index in [4.69, 9.17) is 10.5 Å². The number of aromatic amines is 1. The predicted molar refractivity (Wildman–Crippen MR) is 88.3 cm³/mol. The molecule has 6 heteroatoms. The number of nitrogens with one attached hydrogen (secondary N) is 2. The van der Waals surface area contributed by atoms with Crippen LogP contribution in [-0.2, 0) is 11.3 Å². The molecule has 1 fully saturated rings. The van der Waals surface area contributed by atoms with Crippen LogP contribution in [0.5, 0.6) is 0 Å². The zero-order chi connectivity index (χ0) is 14.7. The van der Waals surface area contributed by atoms with E-state index in [1.54, 1.807) is 0 Å². The minimum absolute atomic E-state index is 0.268. The SMILES string of the molecule is NC(=NCc1cc2cc(Br)ccc2[nH]1)NCC1CCCO1. The number of aromatic nitrogens is 1. The molecule has 1 saturated heterocycles. The van der Waals surface area contributed by atoms with Crippen molar-refractivity contribution in [3.63, 3.8) is 0 Å². The van der Waals surface area contributed by atoms with Crippen LogP contribution in [0, 0.1) is 0 Å². The first kappa shape index (κ1) is 14.4. The zero-order valence-electron chi connectivity index (χ0n) is 11.7. The third kappa shape index (κ3) is 3.77. The summed E-state index contributed by atoms with van der Waals surface area (Å²) in [7, 11) is 0. The summed E-state index contributed by atoms with van der Waals surface area (Å²) in [6.07, 6.45) is 2.50. The Morgan fingerprint density at radius 1 is 1.48 bits per heavy atom. The molecule has 4 N–H and O–H groups in total. The van der Waals surface area contributed by atoms with E-state index in [1.807, 2.05) is 12.1 Å². The number of guanidine groups is 1. The highest BCUT2D eigenvalue weighted by atomic mass is 79.9. The van der Waals surface area contributed by atoms with Crippen LogP contribution >= 0.6 is 15.9 Å². The number of aliphatic imine (C=N–C) groups is 1. The van der Waals surface area contributed by atoms with Gasteiger partial charge in [-0.1, -0.05) is 15.9 Å². The van der Waals surface area contributed by atoms with Crippen LogP contribution in [0.3, 0.4) is 0 Å². The Morgan fingerprint density at radius 2 is 2.38 bits per heavy atom. The van der Waals surface area contributed by atoms with Gasteiger partial charge in [-0.05, 0) is 37.1 Å². The lowest BCUT2D eigenvalue weighted by Gasteiger charge is -2.10. The summed E-state index contributed by atoms with van der Waals surface area (Å²) < 4.78 is 6.60. The van der Waals surface area contributed by atoms with Gasteiger partial charge in [-0.2, -0.15) is 0 Å². The number of nitrogens with zero attached hydrogens (tertiary/aromatic N) is 1. The molecule has 2 aromatic rings. The van der Waals surface area contributed by atoms with Gasteiger partial charge < -0.3 is 20.8 Å². The van der Waals surface area contributed by atoms with Crippen LogP contribution in [0.4, 0.5) is 0 Å². The van der Waals surface area contributed by atoms with Crippen molar-refractivity contribution >= 4 is 32.8 Å². The molecule has 1 aromatic heterocycles. The minimum Gasteiger partial charge on any atom is -0.376 e. The van der Waals surface area contributed by atoms with Crippen molar-refractivity contribution in [3.8, 4) is 0 Å². The van der Waals surface area contributed by atoms with Crippen LogP contribution in [0.15, 0.2) is 33.7 Å². The van der Waals surface area contributed by atoms with E-state index in [1.165, 1.54) is 5.39 Å². The lowest BCUT2D eigenvalue weighted by atomic mass is 10.2. The lowest BCUT2D eigenvalue weighted by molar-refractivity contribution is 0.114. The molecule has 0 aliphatic carbocycles. The summed E-state index contributed by atoms with van der Waals surface area (Å²) in [6, 6.07) is 8.24. The normalized spacial score (nSPS) is 19.3. The second kappa shape index (κ2) is 6.49. The Labute approximate surface area is 132 Å². The number of hydrogen-bond donors (Lipinski definition) is 3. The monoisotopic (exact) mass is 350 g/mol. The second-order valence-electron chi connectivity index (χ2n) is 5.24. The number of fused-ring (bicyclic) bond motifs is 1. The molecule has 1 aliphatic heterocycles. The molecular formula is C15H19BrN4O. The number of benzene rings is 1. The molecule has 2 heterocycles. The Hall–Kier alpha value is -1.53. The fraction of sp³-hybridized carbons (Fsp3) is 0.400. The Bertz CT molecular complexity index is 646. The van der Waals surface area contributed by atoms with Gasteiger partial charge in [-0.15, -0.1) is 0 Å². The first-order valence-electron chi connectivity index (χ1n) is 7.13. The van der Waals surface area contributed by atoms with E-state index in [2.05, 4.69) is 43.4 Å². The van der Waals surface area contributed by atoms with Crippen molar-refractivity contribution in [2.45, 2.75) is 25.5 Å². The van der Waals surface area contributed by atoms with Crippen LogP contribution < -0.4 is 11.1 Å². The molecule has 1 aromatic carbocycles. The zero-order valence-corrected chi connectivity index (χ0v) is 13.3. The van der Waals surface area contributed by atoms with E-state index in [-0.39, 0.29) is 6.10 Å². The van der Waals surface area contributed by atoms with Crippen molar-refractivity contribution < 1.29 is 4.74 Å². The average Bonchev–Trinajstić information content (AvgIpc) is 3.11. The molecule has 21 heavy (non-hydrogen) atoms. The number of hydrogen-bond acceptors (Lipinski definition) is 2. The molecule has 3 rings (SSSR count). The van der Waals surface area contributed by atoms with E-state index in [0.717, 1.165) is 41.7 Å². The predicted octanol–water partition coefficient (Wildman–Crippen LogP) is 2.51. The first-order valence-corrected chi connectivity index (χ1v) is 7.92. The fourth-order valence-corrected chi connectivity index (χ4v) is 2.88. The molecule has 1 aliphatic rings. The lowest BCUT2D eigenvalue weighted by Crippen LogP contribution is -2.37. The van der Waals surface area contributed by atoms with Gasteiger partial charge in [0.05, 0.1) is 12.6 Å². The molecule has 0 bridgehead atoms. The summed E-state index contributed by atoms with van der Waals surface area (Å²) in [4.78, 5) is 7.70. The van der Waals surface area contributed by atoms with E-state index < -0.39 is 0 Å². The van der Waals surface area contributed by atoms with Crippen molar-refractivity contribution in [2.24, 2.45) is 10.7 Å². The van der Waals surface area contributed by atoms with Gasteiger partial charge in [0, 0.05) is 34.2 Å². The molecule has 0 saturated carbocycles. The Kier molecular flexibility index (Phi) is 4.45. The number of nitrogens with two attached hydrogens (primary N) is 1. The van der Waals surface area contributed by atoms with Gasteiger partial charge in [0.1, 0.15) is 0 Å². The van der Waals surface area contributed by atoms with Crippen molar-refractivity contribution in [1.82, 2.24) is 10.3 Å². The van der Waals surface area contributed by atoms with Crippen molar-refractivity contribution in [3.05, 3.63) is 34.4 Å². The molecule has 1 atom stereocenters. The van der Waals surface area contributed by atoms with Crippen molar-refractivity contribution in [1.29, 1.82) is 0 Å². The fourth-order valence-electron chi connectivity index (χ4n) is 2.50. The summed E-state index contributed by atoms with van der Waals surface area (Å²) in [5.41, 5.74) is 8.03. The maximum Gasteiger partial charge on any atom is 0.189 e. The van der Waals surface area contributed by atoms with E-state index >= 15 is 0 Å². The molecule has 5 nitrogen and oxygen atoms in total. The standard InChI is InChI=1S/C15H19BrN4O/c16-11-3-4-14-10(6-11)7-12(20-14)8-18-15(17)19-9-13-2-1-5-21-13/h3-4,6-7,13,20H,1-2,5,8-9H2,(H3,17,18,19). The van der Waals surface area contributed by atoms with Crippen LogP contribution in [-0.4, -0.2) is 30.2 Å². The molecule has 112 valence electrons. The minimum atomic E-state index is 0.268. The van der Waals surface area contributed by atoms with Gasteiger partial charge in [-0.25, -0.2) is 4.99 Å². The average molecular weight is 351 g/mol. The number of H-pyrrole nitrogens is 1. The third-order valence-electron chi connectivity index (χ3n) is 3.59. The van der Waals surface area contributed by atoms with E-state index in [9.17, 15) is 0 Å². The molecule has 0 spiro atoms. The van der Waals surface area contributed by atoms with Crippen LogP contribution in [0.25, 0.3) is 10.9 Å².